The Labute approximate surface area is 129 Å². The van der Waals surface area contributed by atoms with E-state index in [1.807, 2.05) is 12.1 Å². The van der Waals surface area contributed by atoms with Crippen LogP contribution >= 0.6 is 27.5 Å². The van der Waals surface area contributed by atoms with Crippen molar-refractivity contribution in [3.63, 3.8) is 0 Å². The first-order valence-electron chi connectivity index (χ1n) is 6.97. The second kappa shape index (κ2) is 7.07. The Kier molecular flexibility index (Phi) is 5.70. The van der Waals surface area contributed by atoms with Crippen LogP contribution in [0.5, 0.6) is 0 Å². The number of halogens is 2. The molecule has 1 aromatic carbocycles. The third-order valence-electron chi connectivity index (χ3n) is 3.74. The summed E-state index contributed by atoms with van der Waals surface area (Å²) in [5, 5.41) is 4.36. The number of nitrogens with one attached hydrogen (secondary N) is 1. The summed E-state index contributed by atoms with van der Waals surface area (Å²) in [5.41, 5.74) is 1.30. The molecular formula is C15H22BrClN2. The highest BCUT2D eigenvalue weighted by molar-refractivity contribution is 9.10. The van der Waals surface area contributed by atoms with Crippen LogP contribution in [0, 0.1) is 0 Å². The molecule has 2 rings (SSSR count). The number of benzene rings is 1. The van der Waals surface area contributed by atoms with Crippen LogP contribution in [-0.4, -0.2) is 30.1 Å². The van der Waals surface area contributed by atoms with Gasteiger partial charge in [-0.05, 0) is 50.9 Å². The molecule has 1 aliphatic heterocycles. The molecule has 106 valence electrons. The molecule has 0 aromatic heterocycles. The van der Waals surface area contributed by atoms with Crippen molar-refractivity contribution in [1.82, 2.24) is 10.2 Å². The van der Waals surface area contributed by atoms with Crippen molar-refractivity contribution in [3.05, 3.63) is 33.3 Å². The summed E-state index contributed by atoms with van der Waals surface area (Å²) in [7, 11) is 0. The van der Waals surface area contributed by atoms with Crippen molar-refractivity contribution in [1.29, 1.82) is 0 Å². The van der Waals surface area contributed by atoms with Crippen LogP contribution in [0.2, 0.25) is 5.02 Å². The predicted molar refractivity (Wildman–Crippen MR) is 85.7 cm³/mol. The first kappa shape index (κ1) is 15.3. The molecule has 0 saturated carbocycles. The Morgan fingerprint density at radius 2 is 2.26 bits per heavy atom. The molecule has 1 fully saturated rings. The summed E-state index contributed by atoms with van der Waals surface area (Å²) in [4.78, 5) is 2.52. The second-order valence-electron chi connectivity index (χ2n) is 5.55. The maximum atomic E-state index is 6.00. The van der Waals surface area contributed by atoms with Gasteiger partial charge >= 0.3 is 0 Å². The molecule has 19 heavy (non-hydrogen) atoms. The Morgan fingerprint density at radius 3 is 2.84 bits per heavy atom. The topological polar surface area (TPSA) is 15.3 Å². The van der Waals surface area contributed by atoms with Crippen LogP contribution in [-0.2, 0) is 6.54 Å². The van der Waals surface area contributed by atoms with Gasteiger partial charge in [0, 0.05) is 34.7 Å². The molecule has 1 atom stereocenters. The van der Waals surface area contributed by atoms with Gasteiger partial charge in [0.2, 0.25) is 0 Å². The zero-order chi connectivity index (χ0) is 13.8. The lowest BCUT2D eigenvalue weighted by Crippen LogP contribution is -2.40. The molecular weight excluding hydrogens is 324 g/mol. The summed E-state index contributed by atoms with van der Waals surface area (Å²) in [6.45, 7) is 7.78. The molecule has 1 aromatic rings. The van der Waals surface area contributed by atoms with Gasteiger partial charge < -0.3 is 5.32 Å². The van der Waals surface area contributed by atoms with Gasteiger partial charge in [-0.2, -0.15) is 0 Å². The van der Waals surface area contributed by atoms with Crippen molar-refractivity contribution in [2.75, 3.05) is 13.1 Å². The standard InChI is InChI=1S/C15H22BrClN2/c1-11(2)19(10-14-4-3-7-18-14)9-12-5-6-13(17)8-15(12)16/h5-6,8,11,14,18H,3-4,7,9-10H2,1-2H3. The van der Waals surface area contributed by atoms with E-state index in [1.54, 1.807) is 0 Å². The first-order chi connectivity index (χ1) is 9.06. The Bertz CT molecular complexity index is 417. The minimum atomic E-state index is 0.546. The normalized spacial score (nSPS) is 19.6. The third kappa shape index (κ3) is 4.45. The van der Waals surface area contributed by atoms with Crippen LogP contribution in [0.25, 0.3) is 0 Å². The van der Waals surface area contributed by atoms with Crippen LogP contribution in [0.3, 0.4) is 0 Å². The molecule has 0 bridgehead atoms. The third-order valence-corrected chi connectivity index (χ3v) is 4.71. The molecule has 0 amide bonds. The number of nitrogens with zero attached hydrogens (tertiary/aromatic N) is 1. The fourth-order valence-electron chi connectivity index (χ4n) is 2.52. The van der Waals surface area contributed by atoms with E-state index in [1.165, 1.54) is 24.9 Å². The van der Waals surface area contributed by atoms with E-state index < -0.39 is 0 Å². The summed E-state index contributed by atoms with van der Waals surface area (Å²) in [6.07, 6.45) is 2.60. The van der Waals surface area contributed by atoms with Crippen molar-refractivity contribution in [2.24, 2.45) is 0 Å². The zero-order valence-electron chi connectivity index (χ0n) is 11.6. The predicted octanol–water partition coefficient (Wildman–Crippen LogP) is 4.06. The lowest BCUT2D eigenvalue weighted by atomic mass is 10.1. The molecule has 0 spiro atoms. The van der Waals surface area contributed by atoms with E-state index in [-0.39, 0.29) is 0 Å². The van der Waals surface area contributed by atoms with Crippen molar-refractivity contribution < 1.29 is 0 Å². The summed E-state index contributed by atoms with van der Waals surface area (Å²) in [5.74, 6) is 0. The molecule has 0 radical (unpaired) electrons. The minimum Gasteiger partial charge on any atom is -0.313 e. The number of rotatable bonds is 5. The van der Waals surface area contributed by atoms with E-state index in [2.05, 4.69) is 46.1 Å². The number of hydrogen-bond donors (Lipinski definition) is 1. The lowest BCUT2D eigenvalue weighted by molar-refractivity contribution is 0.193. The Hall–Kier alpha value is -0.0900. The summed E-state index contributed by atoms with van der Waals surface area (Å²) in [6, 6.07) is 7.25. The van der Waals surface area contributed by atoms with Crippen molar-refractivity contribution in [2.45, 2.75) is 45.3 Å². The Morgan fingerprint density at radius 1 is 1.47 bits per heavy atom. The minimum absolute atomic E-state index is 0.546. The molecule has 1 aliphatic rings. The van der Waals surface area contributed by atoms with Crippen LogP contribution < -0.4 is 5.32 Å². The second-order valence-corrected chi connectivity index (χ2v) is 6.84. The van der Waals surface area contributed by atoms with E-state index in [0.29, 0.717) is 12.1 Å². The van der Waals surface area contributed by atoms with Crippen LogP contribution in [0.4, 0.5) is 0 Å². The maximum Gasteiger partial charge on any atom is 0.0417 e. The molecule has 4 heteroatoms. The quantitative estimate of drug-likeness (QED) is 0.865. The average molecular weight is 346 g/mol. The van der Waals surface area contributed by atoms with E-state index >= 15 is 0 Å². The van der Waals surface area contributed by atoms with Gasteiger partial charge in [0.1, 0.15) is 0 Å². The lowest BCUT2D eigenvalue weighted by Gasteiger charge is -2.29. The van der Waals surface area contributed by atoms with Gasteiger partial charge in [-0.1, -0.05) is 33.6 Å². The van der Waals surface area contributed by atoms with Gasteiger partial charge in [0.05, 0.1) is 0 Å². The fraction of sp³-hybridized carbons (Fsp3) is 0.600. The smallest absolute Gasteiger partial charge is 0.0417 e. The Balaban J connectivity index is 2.02. The average Bonchev–Trinajstić information content (AvgIpc) is 2.84. The van der Waals surface area contributed by atoms with E-state index in [0.717, 1.165) is 22.6 Å². The van der Waals surface area contributed by atoms with Crippen LogP contribution in [0.1, 0.15) is 32.3 Å². The maximum absolute atomic E-state index is 6.00. The highest BCUT2D eigenvalue weighted by Gasteiger charge is 2.20. The molecule has 2 nitrogen and oxygen atoms in total. The largest absolute Gasteiger partial charge is 0.313 e. The van der Waals surface area contributed by atoms with Gasteiger partial charge in [0.15, 0.2) is 0 Å². The van der Waals surface area contributed by atoms with Crippen LogP contribution in [0.15, 0.2) is 22.7 Å². The van der Waals surface area contributed by atoms with Gasteiger partial charge in [-0.15, -0.1) is 0 Å². The highest BCUT2D eigenvalue weighted by Crippen LogP contribution is 2.24. The molecule has 1 saturated heterocycles. The van der Waals surface area contributed by atoms with Crippen molar-refractivity contribution in [3.8, 4) is 0 Å². The fourth-order valence-corrected chi connectivity index (χ4v) is 3.33. The molecule has 1 N–H and O–H groups in total. The van der Waals surface area contributed by atoms with E-state index in [9.17, 15) is 0 Å². The van der Waals surface area contributed by atoms with E-state index in [4.69, 9.17) is 11.6 Å². The molecule has 1 unspecified atom stereocenters. The van der Waals surface area contributed by atoms with Gasteiger partial charge in [-0.25, -0.2) is 0 Å². The van der Waals surface area contributed by atoms with Gasteiger partial charge in [0.25, 0.3) is 0 Å². The number of hydrogen-bond acceptors (Lipinski definition) is 2. The summed E-state index contributed by atoms with van der Waals surface area (Å²) < 4.78 is 1.10. The SMILES string of the molecule is CC(C)N(Cc1ccc(Cl)cc1Br)CC1CCCN1. The zero-order valence-corrected chi connectivity index (χ0v) is 14.0. The highest BCUT2D eigenvalue weighted by atomic mass is 79.9. The first-order valence-corrected chi connectivity index (χ1v) is 8.14. The molecule has 0 aliphatic carbocycles. The monoisotopic (exact) mass is 344 g/mol. The van der Waals surface area contributed by atoms with Gasteiger partial charge in [-0.3, -0.25) is 4.90 Å². The summed E-state index contributed by atoms with van der Waals surface area (Å²) >= 11 is 9.61. The van der Waals surface area contributed by atoms with Crippen molar-refractivity contribution >= 4 is 27.5 Å². The molecule has 1 heterocycles.